The molecule has 3 aromatic carbocycles. The van der Waals surface area contributed by atoms with Crippen LogP contribution in [0.4, 0.5) is 5.69 Å². The molecule has 0 radical (unpaired) electrons. The molecule has 8 heteroatoms. The molecule has 0 amide bonds. The third kappa shape index (κ3) is 5.31. The lowest BCUT2D eigenvalue weighted by molar-refractivity contribution is 0.0697. The van der Waals surface area contributed by atoms with Crippen molar-refractivity contribution in [3.8, 4) is 16.9 Å². The van der Waals surface area contributed by atoms with Gasteiger partial charge >= 0.3 is 5.97 Å². The first-order valence-corrected chi connectivity index (χ1v) is 9.24. The number of phenols is 1. The number of halogens is 1. The standard InChI is InChI=1S/C21H16ClN3O3S/c22-16-8-4-13(5-9-16)18-3-1-2-15(19(18)26)12-23-25-21(29)24-17-10-6-14(7-11-17)20(27)28/h1-12,26H,(H,27,28)(H2,24,25,29)/b23-12+. The highest BCUT2D eigenvalue weighted by Crippen LogP contribution is 2.32. The van der Waals surface area contributed by atoms with E-state index >= 15 is 0 Å². The molecule has 29 heavy (non-hydrogen) atoms. The topological polar surface area (TPSA) is 94.0 Å². The SMILES string of the molecule is O=C(O)c1ccc(NC(=S)N/N=C/c2cccc(-c3ccc(Cl)cc3)c2O)cc1. The van der Waals surface area contributed by atoms with Crippen LogP contribution in [0.2, 0.25) is 5.02 Å². The summed E-state index contributed by atoms with van der Waals surface area (Å²) in [5.41, 5.74) is 5.46. The van der Waals surface area contributed by atoms with Crippen LogP contribution in [0, 0.1) is 0 Å². The van der Waals surface area contributed by atoms with Gasteiger partial charge < -0.3 is 15.5 Å². The zero-order valence-corrected chi connectivity index (χ0v) is 16.5. The number of hydrogen-bond acceptors (Lipinski definition) is 4. The molecule has 0 saturated heterocycles. The maximum atomic E-state index is 10.9. The smallest absolute Gasteiger partial charge is 0.335 e. The van der Waals surface area contributed by atoms with Gasteiger partial charge in [0.15, 0.2) is 5.11 Å². The highest BCUT2D eigenvalue weighted by molar-refractivity contribution is 7.80. The van der Waals surface area contributed by atoms with E-state index in [-0.39, 0.29) is 16.4 Å². The number of para-hydroxylation sites is 1. The molecule has 0 saturated carbocycles. The molecule has 6 nitrogen and oxygen atoms in total. The quantitative estimate of drug-likeness (QED) is 0.268. The van der Waals surface area contributed by atoms with Gasteiger partial charge in [0.25, 0.3) is 0 Å². The van der Waals surface area contributed by atoms with Crippen LogP contribution in [0.25, 0.3) is 11.1 Å². The normalized spacial score (nSPS) is 10.7. The first kappa shape index (κ1) is 20.3. The number of carboxylic acid groups (broad SMARTS) is 1. The van der Waals surface area contributed by atoms with E-state index in [0.29, 0.717) is 21.8 Å². The Morgan fingerprint density at radius 2 is 1.72 bits per heavy atom. The molecule has 0 aliphatic rings. The Hall–Kier alpha value is -3.42. The number of phenolic OH excluding ortho intramolecular Hbond substituents is 1. The third-order valence-electron chi connectivity index (χ3n) is 3.98. The van der Waals surface area contributed by atoms with E-state index in [1.165, 1.54) is 18.3 Å². The van der Waals surface area contributed by atoms with E-state index in [1.807, 2.05) is 18.2 Å². The minimum Gasteiger partial charge on any atom is -0.507 e. The zero-order chi connectivity index (χ0) is 20.8. The van der Waals surface area contributed by atoms with Crippen LogP contribution in [0.1, 0.15) is 15.9 Å². The summed E-state index contributed by atoms with van der Waals surface area (Å²) in [6.45, 7) is 0. The summed E-state index contributed by atoms with van der Waals surface area (Å²) in [6.07, 6.45) is 1.45. The van der Waals surface area contributed by atoms with Crippen LogP contribution in [-0.2, 0) is 0 Å². The molecule has 0 fully saturated rings. The fourth-order valence-electron chi connectivity index (χ4n) is 2.54. The highest BCUT2D eigenvalue weighted by Gasteiger charge is 2.08. The number of nitrogens with zero attached hydrogens (tertiary/aromatic N) is 1. The number of hydrogen-bond donors (Lipinski definition) is 4. The van der Waals surface area contributed by atoms with Crippen molar-refractivity contribution in [1.29, 1.82) is 0 Å². The third-order valence-corrected chi connectivity index (χ3v) is 4.43. The lowest BCUT2D eigenvalue weighted by atomic mass is 10.0. The van der Waals surface area contributed by atoms with Gasteiger partial charge in [0.05, 0.1) is 11.8 Å². The molecule has 0 aliphatic heterocycles. The fraction of sp³-hybridized carbons (Fsp3) is 0. The number of anilines is 1. The summed E-state index contributed by atoms with van der Waals surface area (Å²) in [5, 5.41) is 27.2. The molecule has 0 atom stereocenters. The number of carbonyl (C=O) groups is 1. The monoisotopic (exact) mass is 425 g/mol. The van der Waals surface area contributed by atoms with Gasteiger partial charge in [-0.3, -0.25) is 5.43 Å². The second kappa shape index (κ2) is 9.18. The van der Waals surface area contributed by atoms with E-state index in [2.05, 4.69) is 15.8 Å². The van der Waals surface area contributed by atoms with Gasteiger partial charge in [0.2, 0.25) is 0 Å². The average Bonchev–Trinajstić information content (AvgIpc) is 2.70. The summed E-state index contributed by atoms with van der Waals surface area (Å²) in [5.74, 6) is -0.911. The molecule has 0 aromatic heterocycles. The van der Waals surface area contributed by atoms with E-state index in [4.69, 9.17) is 28.9 Å². The number of carboxylic acids is 1. The lowest BCUT2D eigenvalue weighted by Crippen LogP contribution is -2.23. The predicted octanol–water partition coefficient (Wildman–Crippen LogP) is 4.73. The van der Waals surface area contributed by atoms with Crippen LogP contribution in [0.3, 0.4) is 0 Å². The summed E-state index contributed by atoms with van der Waals surface area (Å²) in [6, 6.07) is 18.6. The van der Waals surface area contributed by atoms with E-state index in [0.717, 1.165) is 5.56 Å². The van der Waals surface area contributed by atoms with Crippen molar-refractivity contribution >= 4 is 46.8 Å². The van der Waals surface area contributed by atoms with Crippen molar-refractivity contribution in [3.63, 3.8) is 0 Å². The molecule has 4 N–H and O–H groups in total. The van der Waals surface area contributed by atoms with Gasteiger partial charge in [-0.2, -0.15) is 5.10 Å². The van der Waals surface area contributed by atoms with Crippen LogP contribution in [0.15, 0.2) is 71.8 Å². The van der Waals surface area contributed by atoms with Crippen LogP contribution in [0.5, 0.6) is 5.75 Å². The second-order valence-corrected chi connectivity index (χ2v) is 6.80. The Bertz CT molecular complexity index is 1070. The first-order chi connectivity index (χ1) is 13.9. The fourth-order valence-corrected chi connectivity index (χ4v) is 2.84. The zero-order valence-electron chi connectivity index (χ0n) is 15.0. The van der Waals surface area contributed by atoms with Crippen molar-refractivity contribution in [1.82, 2.24) is 5.43 Å². The number of rotatable bonds is 5. The summed E-state index contributed by atoms with van der Waals surface area (Å²) in [7, 11) is 0. The van der Waals surface area contributed by atoms with Gasteiger partial charge in [0, 0.05) is 21.8 Å². The van der Waals surface area contributed by atoms with E-state index < -0.39 is 5.97 Å². The molecular weight excluding hydrogens is 410 g/mol. The highest BCUT2D eigenvalue weighted by atomic mass is 35.5. The van der Waals surface area contributed by atoms with Crippen LogP contribution >= 0.6 is 23.8 Å². The van der Waals surface area contributed by atoms with Gasteiger partial charge in [-0.15, -0.1) is 0 Å². The summed E-state index contributed by atoms with van der Waals surface area (Å²) < 4.78 is 0. The maximum Gasteiger partial charge on any atom is 0.335 e. The molecule has 3 rings (SSSR count). The van der Waals surface area contributed by atoms with Crippen molar-refractivity contribution in [3.05, 3.63) is 82.9 Å². The number of hydrazone groups is 1. The molecule has 146 valence electrons. The minimum absolute atomic E-state index is 0.0866. The second-order valence-electron chi connectivity index (χ2n) is 5.96. The number of aromatic carboxylic acids is 1. The van der Waals surface area contributed by atoms with Crippen molar-refractivity contribution in [2.45, 2.75) is 0 Å². The molecule has 0 spiro atoms. The van der Waals surface area contributed by atoms with Crippen molar-refractivity contribution in [2.75, 3.05) is 5.32 Å². The average molecular weight is 426 g/mol. The predicted molar refractivity (Wildman–Crippen MR) is 119 cm³/mol. The van der Waals surface area contributed by atoms with Gasteiger partial charge in [-0.25, -0.2) is 4.79 Å². The van der Waals surface area contributed by atoms with Gasteiger partial charge in [-0.05, 0) is 60.2 Å². The largest absolute Gasteiger partial charge is 0.507 e. The Balaban J connectivity index is 1.65. The number of aromatic hydroxyl groups is 1. The first-order valence-electron chi connectivity index (χ1n) is 8.45. The summed E-state index contributed by atoms with van der Waals surface area (Å²) >= 11 is 11.1. The number of thiocarbonyl (C=S) groups is 1. The summed E-state index contributed by atoms with van der Waals surface area (Å²) in [4.78, 5) is 10.9. The molecule has 0 aliphatic carbocycles. The molecule has 0 unspecified atom stereocenters. The minimum atomic E-state index is -0.998. The van der Waals surface area contributed by atoms with E-state index in [1.54, 1.807) is 36.4 Å². The van der Waals surface area contributed by atoms with Crippen molar-refractivity contribution < 1.29 is 15.0 Å². The number of nitrogens with one attached hydrogen (secondary N) is 2. The number of benzene rings is 3. The van der Waals surface area contributed by atoms with E-state index in [9.17, 15) is 9.90 Å². The van der Waals surface area contributed by atoms with Crippen molar-refractivity contribution in [2.24, 2.45) is 5.10 Å². The van der Waals surface area contributed by atoms with Gasteiger partial charge in [0.1, 0.15) is 5.75 Å². The Morgan fingerprint density at radius 3 is 2.38 bits per heavy atom. The maximum absolute atomic E-state index is 10.9. The molecule has 3 aromatic rings. The molecule has 0 bridgehead atoms. The van der Waals surface area contributed by atoms with Crippen LogP contribution < -0.4 is 10.7 Å². The molecular formula is C21H16ClN3O3S. The van der Waals surface area contributed by atoms with Crippen LogP contribution in [-0.4, -0.2) is 27.5 Å². The Morgan fingerprint density at radius 1 is 1.03 bits per heavy atom. The Kier molecular flexibility index (Phi) is 6.43. The van der Waals surface area contributed by atoms with Gasteiger partial charge in [-0.1, -0.05) is 35.9 Å². The lowest BCUT2D eigenvalue weighted by Gasteiger charge is -2.09. The Labute approximate surface area is 177 Å². The molecule has 0 heterocycles.